The van der Waals surface area contributed by atoms with Gasteiger partial charge in [0.25, 0.3) is 5.69 Å². The first-order valence-corrected chi connectivity index (χ1v) is 10.3. The monoisotopic (exact) mass is 410 g/mol. The maximum absolute atomic E-state index is 12.1. The van der Waals surface area contributed by atoms with Gasteiger partial charge in [0.1, 0.15) is 0 Å². The number of benzene rings is 1. The normalized spacial score (nSPS) is 12.0. The van der Waals surface area contributed by atoms with Crippen LogP contribution in [0.2, 0.25) is 0 Å². The van der Waals surface area contributed by atoms with Crippen molar-refractivity contribution in [3.8, 4) is 0 Å². The van der Waals surface area contributed by atoms with E-state index < -0.39 is 4.92 Å². The summed E-state index contributed by atoms with van der Waals surface area (Å²) in [5, 5.41) is 19.9. The zero-order valence-corrected chi connectivity index (χ0v) is 17.0. The third-order valence-corrected chi connectivity index (χ3v) is 5.95. The number of thioether (sulfide) groups is 2. The van der Waals surface area contributed by atoms with Crippen LogP contribution in [0.5, 0.6) is 0 Å². The highest BCUT2D eigenvalue weighted by Crippen LogP contribution is 2.35. The number of amides is 1. The largest absolute Gasteiger partial charge is 0.343 e. The molecule has 0 bridgehead atoms. The Morgan fingerprint density at radius 2 is 2.00 bits per heavy atom. The summed E-state index contributed by atoms with van der Waals surface area (Å²) in [6, 6.07) is 6.46. The molecule has 0 aliphatic carbocycles. The minimum absolute atomic E-state index is 0.0205. The molecule has 1 atom stereocenters. The second-order valence-electron chi connectivity index (χ2n) is 5.60. The van der Waals surface area contributed by atoms with E-state index in [0.717, 1.165) is 5.56 Å². The quantitative estimate of drug-likeness (QED) is 0.290. The number of rotatable bonds is 9. The highest BCUT2D eigenvalue weighted by atomic mass is 32.2. The van der Waals surface area contributed by atoms with Crippen LogP contribution in [0.1, 0.15) is 31.6 Å². The minimum Gasteiger partial charge on any atom is -0.343 e. The SMILES string of the molecule is CCN(CC)C(=O)CSc1nnc(SC(C)c2cccc([N+](=O)[O-])c2)n1N. The molecule has 0 aliphatic rings. The molecular weight excluding hydrogens is 388 g/mol. The van der Waals surface area contributed by atoms with Gasteiger partial charge in [0.15, 0.2) is 0 Å². The number of hydrogen-bond acceptors (Lipinski definition) is 8. The molecule has 0 aliphatic heterocycles. The molecule has 2 N–H and O–H groups in total. The standard InChI is InChI=1S/C16H22N6O3S2/c1-4-20(5-2)14(23)10-26-15-18-19-16(21(15)17)27-11(3)12-7-6-8-13(9-12)22(24)25/h6-9,11H,4-5,10,17H2,1-3H3. The zero-order valence-electron chi connectivity index (χ0n) is 15.4. The second kappa shape index (κ2) is 9.60. The number of nitro groups is 1. The van der Waals surface area contributed by atoms with Crippen LogP contribution in [-0.2, 0) is 4.79 Å². The average molecular weight is 411 g/mol. The lowest BCUT2D eigenvalue weighted by Crippen LogP contribution is -2.32. The van der Waals surface area contributed by atoms with Gasteiger partial charge in [0.05, 0.1) is 10.7 Å². The topological polar surface area (TPSA) is 120 Å². The molecule has 0 radical (unpaired) electrons. The van der Waals surface area contributed by atoms with Crippen molar-refractivity contribution in [2.45, 2.75) is 36.3 Å². The van der Waals surface area contributed by atoms with E-state index in [0.29, 0.717) is 23.4 Å². The predicted molar refractivity (Wildman–Crippen MR) is 106 cm³/mol. The lowest BCUT2D eigenvalue weighted by molar-refractivity contribution is -0.384. The van der Waals surface area contributed by atoms with Gasteiger partial charge in [-0.05, 0) is 26.3 Å². The average Bonchev–Trinajstić information content (AvgIpc) is 3.00. The van der Waals surface area contributed by atoms with Crippen LogP contribution in [0, 0.1) is 10.1 Å². The maximum Gasteiger partial charge on any atom is 0.269 e. The molecule has 11 heteroatoms. The van der Waals surface area contributed by atoms with Gasteiger partial charge in [-0.15, -0.1) is 10.2 Å². The lowest BCUT2D eigenvalue weighted by Gasteiger charge is -2.17. The molecule has 2 aromatic rings. The number of aromatic nitrogens is 3. The number of non-ortho nitro benzene ring substituents is 1. The summed E-state index contributed by atoms with van der Waals surface area (Å²) in [6.07, 6.45) is 0. The molecule has 2 rings (SSSR count). The Bertz CT molecular complexity index is 809. The molecule has 0 fully saturated rings. The second-order valence-corrected chi connectivity index (χ2v) is 7.85. The van der Waals surface area contributed by atoms with Gasteiger partial charge in [-0.2, -0.15) is 0 Å². The van der Waals surface area contributed by atoms with E-state index in [1.54, 1.807) is 11.0 Å². The molecule has 1 unspecified atom stereocenters. The van der Waals surface area contributed by atoms with Crippen molar-refractivity contribution in [3.05, 3.63) is 39.9 Å². The highest BCUT2D eigenvalue weighted by Gasteiger charge is 2.18. The number of carbonyl (C=O) groups is 1. The van der Waals surface area contributed by atoms with Crippen LogP contribution in [0.25, 0.3) is 0 Å². The molecule has 1 aromatic carbocycles. The molecular formula is C16H22N6O3S2. The van der Waals surface area contributed by atoms with Crippen molar-refractivity contribution in [1.82, 2.24) is 19.8 Å². The van der Waals surface area contributed by atoms with Crippen LogP contribution < -0.4 is 5.84 Å². The number of hydrogen-bond donors (Lipinski definition) is 1. The number of nitro benzene ring substituents is 1. The van der Waals surface area contributed by atoms with Gasteiger partial charge in [0.2, 0.25) is 16.2 Å². The van der Waals surface area contributed by atoms with Gasteiger partial charge in [0, 0.05) is 30.5 Å². The van der Waals surface area contributed by atoms with E-state index in [9.17, 15) is 14.9 Å². The van der Waals surface area contributed by atoms with E-state index in [2.05, 4.69) is 10.2 Å². The summed E-state index contributed by atoms with van der Waals surface area (Å²) >= 11 is 2.58. The van der Waals surface area contributed by atoms with E-state index in [1.165, 1.54) is 40.3 Å². The Labute approximate surface area is 165 Å². The third-order valence-electron chi connectivity index (χ3n) is 3.91. The Kier molecular flexibility index (Phi) is 7.48. The fraction of sp³-hybridized carbons (Fsp3) is 0.438. The molecule has 0 saturated carbocycles. The molecule has 0 spiro atoms. The Morgan fingerprint density at radius 3 is 2.63 bits per heavy atom. The summed E-state index contributed by atoms with van der Waals surface area (Å²) in [5.41, 5.74) is 0.837. The van der Waals surface area contributed by atoms with E-state index in [4.69, 9.17) is 5.84 Å². The van der Waals surface area contributed by atoms with Crippen LogP contribution >= 0.6 is 23.5 Å². The lowest BCUT2D eigenvalue weighted by atomic mass is 10.1. The van der Waals surface area contributed by atoms with Crippen molar-refractivity contribution < 1.29 is 9.72 Å². The zero-order chi connectivity index (χ0) is 20.0. The van der Waals surface area contributed by atoms with Gasteiger partial charge < -0.3 is 10.7 Å². The fourth-order valence-electron chi connectivity index (χ4n) is 2.35. The Balaban J connectivity index is 2.03. The number of nitrogens with zero attached hydrogens (tertiary/aromatic N) is 5. The van der Waals surface area contributed by atoms with Gasteiger partial charge in [-0.25, -0.2) is 4.68 Å². The van der Waals surface area contributed by atoms with Gasteiger partial charge >= 0.3 is 0 Å². The predicted octanol–water partition coefficient (Wildman–Crippen LogP) is 2.71. The third kappa shape index (κ3) is 5.36. The fourth-order valence-corrected chi connectivity index (χ4v) is 4.06. The van der Waals surface area contributed by atoms with Crippen molar-refractivity contribution in [2.24, 2.45) is 0 Å². The van der Waals surface area contributed by atoms with Crippen LogP contribution in [-0.4, -0.2) is 49.4 Å². The molecule has 146 valence electrons. The Morgan fingerprint density at radius 1 is 1.33 bits per heavy atom. The molecule has 1 heterocycles. The maximum atomic E-state index is 12.1. The summed E-state index contributed by atoms with van der Waals surface area (Å²) in [4.78, 5) is 24.3. The van der Waals surface area contributed by atoms with E-state index in [-0.39, 0.29) is 22.6 Å². The number of carbonyl (C=O) groups excluding carboxylic acids is 1. The van der Waals surface area contributed by atoms with Crippen molar-refractivity contribution in [1.29, 1.82) is 0 Å². The molecule has 27 heavy (non-hydrogen) atoms. The molecule has 1 aromatic heterocycles. The van der Waals surface area contributed by atoms with Gasteiger partial charge in [-0.1, -0.05) is 35.7 Å². The highest BCUT2D eigenvalue weighted by molar-refractivity contribution is 8.00. The first kappa shape index (κ1) is 21.0. The van der Waals surface area contributed by atoms with Crippen LogP contribution in [0.3, 0.4) is 0 Å². The van der Waals surface area contributed by atoms with Gasteiger partial charge in [-0.3, -0.25) is 14.9 Å². The first-order valence-electron chi connectivity index (χ1n) is 8.39. The summed E-state index contributed by atoms with van der Waals surface area (Å²) in [5.74, 6) is 6.31. The number of nitrogens with two attached hydrogens (primary N) is 1. The van der Waals surface area contributed by atoms with Crippen molar-refractivity contribution in [3.63, 3.8) is 0 Å². The van der Waals surface area contributed by atoms with Crippen LogP contribution in [0.15, 0.2) is 34.6 Å². The van der Waals surface area contributed by atoms with E-state index >= 15 is 0 Å². The summed E-state index contributed by atoms with van der Waals surface area (Å²) in [7, 11) is 0. The summed E-state index contributed by atoms with van der Waals surface area (Å²) < 4.78 is 1.35. The first-order chi connectivity index (χ1) is 12.9. The molecule has 9 nitrogen and oxygen atoms in total. The smallest absolute Gasteiger partial charge is 0.269 e. The summed E-state index contributed by atoms with van der Waals surface area (Å²) in [6.45, 7) is 7.10. The number of nitrogen functional groups attached to an aromatic ring is 1. The van der Waals surface area contributed by atoms with Crippen molar-refractivity contribution >= 4 is 35.1 Å². The molecule has 0 saturated heterocycles. The van der Waals surface area contributed by atoms with E-state index in [1.807, 2.05) is 26.8 Å². The minimum atomic E-state index is -0.423. The molecule has 1 amide bonds. The van der Waals surface area contributed by atoms with Crippen molar-refractivity contribution in [2.75, 3.05) is 24.7 Å². The van der Waals surface area contributed by atoms with Crippen LogP contribution in [0.4, 0.5) is 5.69 Å². The Hall–Kier alpha value is -2.27.